The van der Waals surface area contributed by atoms with Crippen molar-refractivity contribution in [3.8, 4) is 17.8 Å². The first-order valence-electron chi connectivity index (χ1n) is 7.78. The van der Waals surface area contributed by atoms with Crippen LogP contribution in [0.15, 0.2) is 35.7 Å². The van der Waals surface area contributed by atoms with Gasteiger partial charge in [-0.05, 0) is 18.6 Å². The Labute approximate surface area is 150 Å². The molecule has 0 fully saturated rings. The molecule has 128 valence electrons. The van der Waals surface area contributed by atoms with Crippen molar-refractivity contribution in [1.82, 2.24) is 19.7 Å². The standard InChI is InChI=1S/C17H18N6OS/c1-14-6-2-3-7-15(14)23-13-20-21-17(23)25-12-16(24)22(10-4-8-18)11-5-9-19/h2-3,6-7,13H,4-5,10-12H2,1H3. The first kappa shape index (κ1) is 18.5. The summed E-state index contributed by atoms with van der Waals surface area (Å²) in [5.41, 5.74) is 2.05. The Bertz CT molecular complexity index is 786. The molecular formula is C17H18N6OS. The van der Waals surface area contributed by atoms with E-state index >= 15 is 0 Å². The highest BCUT2D eigenvalue weighted by Crippen LogP contribution is 2.22. The molecule has 0 N–H and O–H groups in total. The second kappa shape index (κ2) is 9.45. The maximum atomic E-state index is 12.4. The molecule has 0 radical (unpaired) electrons. The molecule has 0 saturated carbocycles. The van der Waals surface area contributed by atoms with E-state index < -0.39 is 0 Å². The highest BCUT2D eigenvalue weighted by molar-refractivity contribution is 7.99. The third kappa shape index (κ3) is 5.07. The lowest BCUT2D eigenvalue weighted by Gasteiger charge is -2.20. The van der Waals surface area contributed by atoms with Crippen molar-refractivity contribution in [2.75, 3.05) is 18.8 Å². The van der Waals surface area contributed by atoms with Crippen LogP contribution >= 0.6 is 11.8 Å². The van der Waals surface area contributed by atoms with Crippen molar-refractivity contribution in [2.24, 2.45) is 0 Å². The number of nitrogens with zero attached hydrogens (tertiary/aromatic N) is 6. The van der Waals surface area contributed by atoms with Crippen LogP contribution < -0.4 is 0 Å². The summed E-state index contributed by atoms with van der Waals surface area (Å²) in [6.07, 6.45) is 2.13. The number of nitriles is 2. The van der Waals surface area contributed by atoms with Gasteiger partial charge in [0.15, 0.2) is 5.16 Å². The van der Waals surface area contributed by atoms with Gasteiger partial charge in [-0.25, -0.2) is 0 Å². The molecule has 2 aromatic rings. The minimum atomic E-state index is -0.116. The van der Waals surface area contributed by atoms with Crippen LogP contribution in [0.5, 0.6) is 0 Å². The second-order valence-electron chi connectivity index (χ2n) is 5.26. The van der Waals surface area contributed by atoms with Gasteiger partial charge in [-0.1, -0.05) is 30.0 Å². The molecule has 2 rings (SSSR count). The number of amides is 1. The fourth-order valence-corrected chi connectivity index (χ4v) is 3.10. The lowest BCUT2D eigenvalue weighted by molar-refractivity contribution is -0.128. The third-order valence-corrected chi connectivity index (χ3v) is 4.48. The van der Waals surface area contributed by atoms with E-state index in [9.17, 15) is 4.79 Å². The zero-order chi connectivity index (χ0) is 18.1. The Morgan fingerprint density at radius 3 is 2.56 bits per heavy atom. The molecule has 1 amide bonds. The molecule has 0 aliphatic carbocycles. The predicted molar refractivity (Wildman–Crippen MR) is 93.9 cm³/mol. The van der Waals surface area contributed by atoms with E-state index in [0.29, 0.717) is 18.2 Å². The van der Waals surface area contributed by atoms with Crippen LogP contribution in [-0.2, 0) is 4.79 Å². The summed E-state index contributed by atoms with van der Waals surface area (Å²) in [4.78, 5) is 13.9. The molecule has 1 aromatic heterocycles. The Hall–Kier alpha value is -2.84. The fourth-order valence-electron chi connectivity index (χ4n) is 2.27. The molecule has 8 heteroatoms. The lowest BCUT2D eigenvalue weighted by atomic mass is 10.2. The molecule has 0 saturated heterocycles. The number of aryl methyl sites for hydroxylation is 1. The van der Waals surface area contributed by atoms with Crippen LogP contribution in [0.1, 0.15) is 18.4 Å². The number of rotatable bonds is 8. The molecule has 0 aliphatic rings. The number of carbonyl (C=O) groups is 1. The smallest absolute Gasteiger partial charge is 0.233 e. The number of hydrogen-bond acceptors (Lipinski definition) is 6. The number of thioether (sulfide) groups is 1. The first-order valence-corrected chi connectivity index (χ1v) is 8.76. The van der Waals surface area contributed by atoms with Gasteiger partial charge in [-0.2, -0.15) is 10.5 Å². The lowest BCUT2D eigenvalue weighted by Crippen LogP contribution is -2.34. The predicted octanol–water partition coefficient (Wildman–Crippen LogP) is 2.32. The maximum absolute atomic E-state index is 12.4. The van der Waals surface area contributed by atoms with E-state index in [1.165, 1.54) is 11.8 Å². The highest BCUT2D eigenvalue weighted by atomic mass is 32.2. The van der Waals surface area contributed by atoms with Gasteiger partial charge in [-0.3, -0.25) is 9.36 Å². The molecular weight excluding hydrogens is 336 g/mol. The fraction of sp³-hybridized carbons (Fsp3) is 0.353. The number of carbonyl (C=O) groups excluding carboxylic acids is 1. The van der Waals surface area contributed by atoms with E-state index in [0.717, 1.165) is 11.3 Å². The quantitative estimate of drug-likeness (QED) is 0.675. The van der Waals surface area contributed by atoms with Gasteiger partial charge in [0.05, 0.1) is 36.4 Å². The monoisotopic (exact) mass is 354 g/mol. The van der Waals surface area contributed by atoms with Gasteiger partial charge in [0.1, 0.15) is 6.33 Å². The van der Waals surface area contributed by atoms with Crippen LogP contribution in [0.3, 0.4) is 0 Å². The van der Waals surface area contributed by atoms with Crippen molar-refractivity contribution in [3.63, 3.8) is 0 Å². The molecule has 0 bridgehead atoms. The molecule has 0 spiro atoms. The molecule has 1 aromatic carbocycles. The molecule has 25 heavy (non-hydrogen) atoms. The Kier molecular flexibility index (Phi) is 7.00. The molecule has 0 aliphatic heterocycles. The summed E-state index contributed by atoms with van der Waals surface area (Å²) in [7, 11) is 0. The van der Waals surface area contributed by atoms with Crippen LogP contribution in [0.4, 0.5) is 0 Å². The summed E-state index contributed by atoms with van der Waals surface area (Å²) < 4.78 is 1.85. The summed E-state index contributed by atoms with van der Waals surface area (Å²) in [6.45, 7) is 2.67. The Morgan fingerprint density at radius 2 is 1.92 bits per heavy atom. The van der Waals surface area contributed by atoms with E-state index in [1.807, 2.05) is 47.9 Å². The van der Waals surface area contributed by atoms with Gasteiger partial charge < -0.3 is 4.90 Å². The van der Waals surface area contributed by atoms with Gasteiger partial charge in [-0.15, -0.1) is 10.2 Å². The number of aromatic nitrogens is 3. The highest BCUT2D eigenvalue weighted by Gasteiger charge is 2.16. The van der Waals surface area contributed by atoms with Crippen LogP contribution in [0.2, 0.25) is 0 Å². The van der Waals surface area contributed by atoms with Crippen molar-refractivity contribution in [3.05, 3.63) is 36.2 Å². The van der Waals surface area contributed by atoms with Gasteiger partial charge in [0.25, 0.3) is 0 Å². The zero-order valence-corrected chi connectivity index (χ0v) is 14.7. The van der Waals surface area contributed by atoms with E-state index in [2.05, 4.69) is 10.2 Å². The van der Waals surface area contributed by atoms with Crippen LogP contribution in [0.25, 0.3) is 5.69 Å². The number of para-hydroxylation sites is 1. The average Bonchev–Trinajstić information content (AvgIpc) is 3.08. The van der Waals surface area contributed by atoms with Crippen molar-refractivity contribution in [1.29, 1.82) is 10.5 Å². The van der Waals surface area contributed by atoms with Crippen molar-refractivity contribution >= 4 is 17.7 Å². The van der Waals surface area contributed by atoms with Crippen LogP contribution in [0, 0.1) is 29.6 Å². The minimum Gasteiger partial charge on any atom is -0.340 e. The summed E-state index contributed by atoms with van der Waals surface area (Å²) in [5, 5.41) is 26.1. The normalized spacial score (nSPS) is 10.0. The molecule has 0 atom stereocenters. The Morgan fingerprint density at radius 1 is 1.24 bits per heavy atom. The summed E-state index contributed by atoms with van der Waals surface area (Å²) in [6, 6.07) is 11.9. The zero-order valence-electron chi connectivity index (χ0n) is 13.9. The topological polar surface area (TPSA) is 98.6 Å². The summed E-state index contributed by atoms with van der Waals surface area (Å²) >= 11 is 1.29. The minimum absolute atomic E-state index is 0.116. The van der Waals surface area contributed by atoms with Crippen LogP contribution in [-0.4, -0.2) is 44.4 Å². The van der Waals surface area contributed by atoms with E-state index in [4.69, 9.17) is 10.5 Å². The second-order valence-corrected chi connectivity index (χ2v) is 6.20. The number of hydrogen-bond donors (Lipinski definition) is 0. The number of benzene rings is 1. The van der Waals surface area contributed by atoms with E-state index in [-0.39, 0.29) is 24.5 Å². The van der Waals surface area contributed by atoms with Crippen molar-refractivity contribution < 1.29 is 4.79 Å². The van der Waals surface area contributed by atoms with Gasteiger partial charge in [0, 0.05) is 13.1 Å². The van der Waals surface area contributed by atoms with E-state index in [1.54, 1.807) is 11.2 Å². The van der Waals surface area contributed by atoms with Gasteiger partial charge >= 0.3 is 0 Å². The Balaban J connectivity index is 2.05. The SMILES string of the molecule is Cc1ccccc1-n1cnnc1SCC(=O)N(CCC#N)CCC#N. The average molecular weight is 354 g/mol. The first-order chi connectivity index (χ1) is 12.2. The largest absolute Gasteiger partial charge is 0.340 e. The van der Waals surface area contributed by atoms with Gasteiger partial charge in [0.2, 0.25) is 5.91 Å². The molecule has 7 nitrogen and oxygen atoms in total. The summed E-state index contributed by atoms with van der Waals surface area (Å²) in [5.74, 6) is 0.0661. The molecule has 1 heterocycles. The maximum Gasteiger partial charge on any atom is 0.233 e. The third-order valence-electron chi connectivity index (χ3n) is 3.56. The van der Waals surface area contributed by atoms with Crippen molar-refractivity contribution in [2.45, 2.75) is 24.9 Å². The molecule has 0 unspecified atom stereocenters.